The molecule has 0 saturated heterocycles. The fourth-order valence-electron chi connectivity index (χ4n) is 2.56. The summed E-state index contributed by atoms with van der Waals surface area (Å²) in [6.45, 7) is 0. The lowest BCUT2D eigenvalue weighted by atomic mass is 10.1. The van der Waals surface area contributed by atoms with Crippen LogP contribution in [0.5, 0.6) is 5.75 Å². The molecule has 0 aliphatic heterocycles. The summed E-state index contributed by atoms with van der Waals surface area (Å²) in [7, 11) is -2.11. The summed E-state index contributed by atoms with van der Waals surface area (Å²) in [6, 6.07) is 14.2. The van der Waals surface area contributed by atoms with Crippen LogP contribution in [-0.2, 0) is 21.2 Å². The number of ether oxygens (including phenoxy) is 1. The number of methoxy groups -OCH3 is 1. The summed E-state index contributed by atoms with van der Waals surface area (Å²) < 4.78 is 32.6. The second kappa shape index (κ2) is 7.88. The predicted octanol–water partition coefficient (Wildman–Crippen LogP) is 2.71. The van der Waals surface area contributed by atoms with Gasteiger partial charge in [0, 0.05) is 12.5 Å². The molecule has 0 bridgehead atoms. The van der Waals surface area contributed by atoms with Crippen LogP contribution in [0, 0.1) is 0 Å². The Morgan fingerprint density at radius 1 is 1.15 bits per heavy atom. The first-order valence-corrected chi connectivity index (χ1v) is 10.0. The molecular formula is C19H22N2O4S. The number of amides is 1. The lowest BCUT2D eigenvalue weighted by Gasteiger charge is -2.13. The van der Waals surface area contributed by atoms with Crippen LogP contribution in [0.15, 0.2) is 53.4 Å². The van der Waals surface area contributed by atoms with Gasteiger partial charge in [0.25, 0.3) is 0 Å². The topological polar surface area (TPSA) is 84.5 Å². The molecule has 0 radical (unpaired) electrons. The summed E-state index contributed by atoms with van der Waals surface area (Å²) in [5, 5.41) is 2.76. The highest BCUT2D eigenvalue weighted by Crippen LogP contribution is 2.29. The van der Waals surface area contributed by atoms with Crippen LogP contribution in [0.4, 0.5) is 5.69 Å². The third kappa shape index (κ3) is 4.83. The van der Waals surface area contributed by atoms with E-state index in [-0.39, 0.29) is 16.8 Å². The molecule has 1 aliphatic rings. The van der Waals surface area contributed by atoms with Crippen molar-refractivity contribution in [2.45, 2.75) is 36.6 Å². The number of hydrogen-bond acceptors (Lipinski definition) is 4. The van der Waals surface area contributed by atoms with Crippen LogP contribution in [0.2, 0.25) is 0 Å². The summed E-state index contributed by atoms with van der Waals surface area (Å²) in [6.07, 6.45) is 2.62. The molecule has 0 unspecified atom stereocenters. The summed E-state index contributed by atoms with van der Waals surface area (Å²) in [5.74, 6) is 0.222. The van der Waals surface area contributed by atoms with Crippen molar-refractivity contribution in [1.29, 1.82) is 0 Å². The average molecular weight is 374 g/mol. The van der Waals surface area contributed by atoms with Crippen LogP contribution in [-0.4, -0.2) is 27.5 Å². The highest BCUT2D eigenvalue weighted by molar-refractivity contribution is 7.89. The molecule has 0 heterocycles. The molecule has 0 spiro atoms. The molecule has 0 atom stereocenters. The Balaban J connectivity index is 1.70. The third-order valence-corrected chi connectivity index (χ3v) is 5.66. The minimum Gasteiger partial charge on any atom is -0.495 e. The van der Waals surface area contributed by atoms with Crippen LogP contribution in [0.1, 0.15) is 24.8 Å². The molecule has 1 amide bonds. The number of sulfonamides is 1. The van der Waals surface area contributed by atoms with Gasteiger partial charge in [-0.1, -0.05) is 30.3 Å². The van der Waals surface area contributed by atoms with Crippen molar-refractivity contribution in [3.8, 4) is 5.75 Å². The fourth-order valence-corrected chi connectivity index (χ4v) is 3.89. The smallest absolute Gasteiger partial charge is 0.240 e. The molecule has 1 fully saturated rings. The van der Waals surface area contributed by atoms with Crippen molar-refractivity contribution in [2.75, 3.05) is 12.4 Å². The Hall–Kier alpha value is -2.38. The zero-order chi connectivity index (χ0) is 18.6. The Morgan fingerprint density at radius 2 is 1.88 bits per heavy atom. The zero-order valence-corrected chi connectivity index (χ0v) is 15.4. The molecule has 3 rings (SSSR count). The molecule has 138 valence electrons. The van der Waals surface area contributed by atoms with Crippen LogP contribution >= 0.6 is 0 Å². The number of anilines is 1. The molecule has 2 aromatic rings. The van der Waals surface area contributed by atoms with Crippen LogP contribution in [0.25, 0.3) is 0 Å². The van der Waals surface area contributed by atoms with Gasteiger partial charge in [-0.25, -0.2) is 13.1 Å². The van der Waals surface area contributed by atoms with Crippen molar-refractivity contribution in [2.24, 2.45) is 0 Å². The van der Waals surface area contributed by atoms with E-state index in [0.29, 0.717) is 24.3 Å². The lowest BCUT2D eigenvalue weighted by Crippen LogP contribution is -2.26. The van der Waals surface area contributed by atoms with Gasteiger partial charge in [0.1, 0.15) is 5.75 Å². The minimum absolute atomic E-state index is 0.0195. The maximum absolute atomic E-state index is 12.4. The maximum Gasteiger partial charge on any atom is 0.240 e. The summed E-state index contributed by atoms with van der Waals surface area (Å²) >= 11 is 0. The first-order chi connectivity index (χ1) is 12.5. The first-order valence-electron chi connectivity index (χ1n) is 8.52. The van der Waals surface area contributed by atoms with Gasteiger partial charge >= 0.3 is 0 Å². The number of carbonyl (C=O) groups excluding carboxylic acids is 1. The van der Waals surface area contributed by atoms with E-state index in [1.165, 1.54) is 19.2 Å². The zero-order valence-electron chi connectivity index (χ0n) is 14.6. The highest BCUT2D eigenvalue weighted by Gasteiger charge is 2.28. The Kier molecular flexibility index (Phi) is 5.58. The molecule has 1 aliphatic carbocycles. The number of hydrogen-bond donors (Lipinski definition) is 2. The molecule has 2 aromatic carbocycles. The van der Waals surface area contributed by atoms with Gasteiger partial charge in [-0.05, 0) is 43.0 Å². The van der Waals surface area contributed by atoms with E-state index in [0.717, 1.165) is 18.4 Å². The molecule has 7 heteroatoms. The van der Waals surface area contributed by atoms with Crippen molar-refractivity contribution < 1.29 is 17.9 Å². The van der Waals surface area contributed by atoms with Gasteiger partial charge in [-0.15, -0.1) is 0 Å². The van der Waals surface area contributed by atoms with Gasteiger partial charge in [-0.2, -0.15) is 0 Å². The van der Waals surface area contributed by atoms with E-state index in [2.05, 4.69) is 10.0 Å². The van der Waals surface area contributed by atoms with E-state index in [4.69, 9.17) is 4.74 Å². The van der Waals surface area contributed by atoms with E-state index in [9.17, 15) is 13.2 Å². The Bertz CT molecular complexity index is 878. The van der Waals surface area contributed by atoms with E-state index < -0.39 is 10.0 Å². The molecular weight excluding hydrogens is 352 g/mol. The van der Waals surface area contributed by atoms with Crippen molar-refractivity contribution in [3.05, 3.63) is 54.1 Å². The third-order valence-electron chi connectivity index (χ3n) is 4.14. The number of aryl methyl sites for hydroxylation is 1. The molecule has 2 N–H and O–H groups in total. The van der Waals surface area contributed by atoms with E-state index in [1.54, 1.807) is 6.07 Å². The van der Waals surface area contributed by atoms with Crippen molar-refractivity contribution in [1.82, 2.24) is 4.72 Å². The number of rotatable bonds is 8. The Labute approximate surface area is 153 Å². The van der Waals surface area contributed by atoms with Gasteiger partial charge in [0.05, 0.1) is 17.7 Å². The molecule has 0 aromatic heterocycles. The van der Waals surface area contributed by atoms with Gasteiger partial charge < -0.3 is 10.1 Å². The van der Waals surface area contributed by atoms with Gasteiger partial charge in [0.15, 0.2) is 0 Å². The lowest BCUT2D eigenvalue weighted by molar-refractivity contribution is -0.116. The second-order valence-corrected chi connectivity index (χ2v) is 8.01. The summed E-state index contributed by atoms with van der Waals surface area (Å²) in [5.41, 5.74) is 1.42. The average Bonchev–Trinajstić information content (AvgIpc) is 3.44. The van der Waals surface area contributed by atoms with Crippen LogP contribution in [0.3, 0.4) is 0 Å². The first kappa shape index (κ1) is 18.4. The van der Waals surface area contributed by atoms with Gasteiger partial charge in [-0.3, -0.25) is 4.79 Å². The Morgan fingerprint density at radius 3 is 2.54 bits per heavy atom. The van der Waals surface area contributed by atoms with Crippen molar-refractivity contribution in [3.63, 3.8) is 0 Å². The monoisotopic (exact) mass is 374 g/mol. The normalized spacial score (nSPS) is 14.0. The molecule has 1 saturated carbocycles. The predicted molar refractivity (Wildman–Crippen MR) is 99.7 cm³/mol. The SMILES string of the molecule is COc1ccc(S(=O)(=O)NC2CC2)cc1NC(=O)CCc1ccccc1. The van der Waals surface area contributed by atoms with Gasteiger partial charge in [0.2, 0.25) is 15.9 Å². The summed E-state index contributed by atoms with van der Waals surface area (Å²) in [4.78, 5) is 12.4. The molecule has 6 nitrogen and oxygen atoms in total. The number of benzene rings is 2. The number of nitrogens with one attached hydrogen (secondary N) is 2. The van der Waals surface area contributed by atoms with E-state index in [1.807, 2.05) is 30.3 Å². The van der Waals surface area contributed by atoms with Crippen molar-refractivity contribution >= 4 is 21.6 Å². The number of carbonyl (C=O) groups is 1. The fraction of sp³-hybridized carbons (Fsp3) is 0.316. The maximum atomic E-state index is 12.4. The van der Waals surface area contributed by atoms with Crippen LogP contribution < -0.4 is 14.8 Å². The highest BCUT2D eigenvalue weighted by atomic mass is 32.2. The standard InChI is InChI=1S/C19H22N2O4S/c1-25-18-11-10-16(26(23,24)21-15-8-9-15)13-17(18)20-19(22)12-7-14-5-3-2-4-6-14/h2-6,10-11,13,15,21H,7-9,12H2,1H3,(H,20,22). The minimum atomic E-state index is -3.59. The largest absolute Gasteiger partial charge is 0.495 e. The quantitative estimate of drug-likeness (QED) is 0.744. The molecule has 26 heavy (non-hydrogen) atoms. The second-order valence-electron chi connectivity index (χ2n) is 6.29. The van der Waals surface area contributed by atoms with E-state index >= 15 is 0 Å².